The van der Waals surface area contributed by atoms with Crippen LogP contribution in [0.2, 0.25) is 0 Å². The number of amides is 3. The number of urea groups is 1. The number of primary amides is 1. The van der Waals surface area contributed by atoms with Crippen LogP contribution in [-0.4, -0.2) is 60.1 Å². The number of nitrogens with zero attached hydrogens (tertiary/aromatic N) is 2. The molecule has 2 bridgehead atoms. The Bertz CT molecular complexity index is 562. The molecule has 0 radical (unpaired) electrons. The van der Waals surface area contributed by atoms with Crippen LogP contribution in [0.15, 0.2) is 11.6 Å². The number of rotatable bonds is 4. The van der Waals surface area contributed by atoms with E-state index in [-0.39, 0.29) is 41.7 Å². The minimum absolute atomic E-state index is 0. The maximum Gasteiger partial charge on any atom is 1.00 e. The Morgan fingerprint density at radius 2 is 2.20 bits per heavy atom. The van der Waals surface area contributed by atoms with Gasteiger partial charge in [-0.25, -0.2) is 4.79 Å². The molecule has 0 aliphatic carbocycles. The predicted molar refractivity (Wildman–Crippen MR) is 56.3 cm³/mol. The molecule has 2 atom stereocenters. The van der Waals surface area contributed by atoms with Gasteiger partial charge in [-0.1, -0.05) is 6.08 Å². The second-order valence-electron chi connectivity index (χ2n) is 4.00. The van der Waals surface area contributed by atoms with E-state index in [4.69, 9.17) is 10.3 Å². The molecule has 12 heteroatoms. The molecular weight excluding hydrogens is 305 g/mol. The van der Waals surface area contributed by atoms with Gasteiger partial charge in [-0.2, -0.15) is 13.5 Å². The summed E-state index contributed by atoms with van der Waals surface area (Å²) in [5, 5.41) is 11.3. The molecule has 3 amide bonds. The fourth-order valence-electron chi connectivity index (χ4n) is 2.08. The van der Waals surface area contributed by atoms with Gasteiger partial charge in [0.15, 0.2) is 0 Å². The Kier molecular flexibility index (Phi) is 5.18. The maximum absolute atomic E-state index is 11.8. The molecule has 2 aliphatic rings. The van der Waals surface area contributed by atoms with Crippen LogP contribution in [0.4, 0.5) is 4.79 Å². The number of fused-ring (bicyclic) bond motifs is 2. The average molecular weight is 315 g/mol. The van der Waals surface area contributed by atoms with Gasteiger partial charge in [0.2, 0.25) is 5.91 Å². The first-order valence-corrected chi connectivity index (χ1v) is 6.47. The van der Waals surface area contributed by atoms with Crippen molar-refractivity contribution in [2.75, 3.05) is 13.2 Å². The van der Waals surface area contributed by atoms with E-state index in [1.165, 1.54) is 6.08 Å². The van der Waals surface area contributed by atoms with E-state index in [1.54, 1.807) is 0 Å². The molecular formula is C8H10N3NaO7S. The van der Waals surface area contributed by atoms with Crippen LogP contribution in [0.25, 0.3) is 0 Å². The van der Waals surface area contributed by atoms with Gasteiger partial charge in [-0.05, 0) is 0 Å². The van der Waals surface area contributed by atoms with E-state index >= 15 is 0 Å². The molecule has 1 saturated heterocycles. The molecule has 2 aliphatic heterocycles. The third kappa shape index (κ3) is 3.14. The number of hydroxylamine groups is 2. The monoisotopic (exact) mass is 315 g/mol. The second-order valence-corrected chi connectivity index (χ2v) is 5.00. The average Bonchev–Trinajstić information content (AvgIpc) is 2.54. The zero-order chi connectivity index (χ0) is 14.4. The Hall–Kier alpha value is -0.690. The van der Waals surface area contributed by atoms with Gasteiger partial charge in [0.1, 0.15) is 6.04 Å². The molecule has 0 unspecified atom stereocenters. The van der Waals surface area contributed by atoms with Crippen molar-refractivity contribution >= 4 is 22.3 Å². The Morgan fingerprint density at radius 1 is 1.60 bits per heavy atom. The van der Waals surface area contributed by atoms with E-state index in [2.05, 4.69) is 4.28 Å². The summed E-state index contributed by atoms with van der Waals surface area (Å²) in [4.78, 5) is 24.1. The third-order valence-corrected chi connectivity index (χ3v) is 3.20. The Balaban J connectivity index is 0.00000200. The topological polar surface area (TPSA) is 153 Å². The van der Waals surface area contributed by atoms with Gasteiger partial charge >= 0.3 is 46.0 Å². The van der Waals surface area contributed by atoms with Crippen molar-refractivity contribution < 1.29 is 61.5 Å². The van der Waals surface area contributed by atoms with Crippen molar-refractivity contribution in [3.05, 3.63) is 11.6 Å². The van der Waals surface area contributed by atoms with Crippen molar-refractivity contribution in [2.24, 2.45) is 5.73 Å². The smallest absolute Gasteiger partial charge is 0.853 e. The SMILES string of the molecule is NC(=O)C1=C[C@@H](C[O-])N2C[C@@H]1N(OS(=O)(=O)O)C2=O.[Na+]. The van der Waals surface area contributed by atoms with Crippen molar-refractivity contribution in [2.45, 2.75) is 12.1 Å². The normalized spacial score (nSPS) is 25.3. The van der Waals surface area contributed by atoms with Crippen LogP contribution in [-0.2, 0) is 19.5 Å². The number of nitrogens with two attached hydrogens (primary N) is 1. The number of carbonyl (C=O) groups excluding carboxylic acids is 2. The molecule has 2 rings (SSSR count). The van der Waals surface area contributed by atoms with Gasteiger partial charge < -0.3 is 15.7 Å². The van der Waals surface area contributed by atoms with E-state index in [9.17, 15) is 23.1 Å². The molecule has 10 nitrogen and oxygen atoms in total. The summed E-state index contributed by atoms with van der Waals surface area (Å²) < 4.78 is 34.1. The molecule has 0 aromatic rings. The quantitative estimate of drug-likeness (QED) is 0.386. The minimum Gasteiger partial charge on any atom is -0.853 e. The first kappa shape index (κ1) is 17.4. The molecule has 0 spiro atoms. The van der Waals surface area contributed by atoms with E-state index in [0.717, 1.165) is 4.90 Å². The molecule has 106 valence electrons. The maximum atomic E-state index is 11.8. The molecule has 1 fully saturated rings. The first-order chi connectivity index (χ1) is 8.74. The molecule has 0 aromatic heterocycles. The predicted octanol–water partition coefficient (Wildman–Crippen LogP) is -6.01. The standard InChI is InChI=1S/C8H10N3O7S.Na/c9-7(13)5-1-4(3-12)10-2-6(5)11(8(10)14)18-19(15,16)17;/h1,4,6H,2-3H2,(H2,9,13)(H,15,16,17);/q-1;+1/t4-,6-;/m0./s1. The van der Waals surface area contributed by atoms with Gasteiger partial charge in [0.25, 0.3) is 0 Å². The summed E-state index contributed by atoms with van der Waals surface area (Å²) in [5.41, 5.74) is 5.00. The van der Waals surface area contributed by atoms with Gasteiger partial charge in [0.05, 0.1) is 6.54 Å². The third-order valence-electron chi connectivity index (χ3n) is 2.85. The van der Waals surface area contributed by atoms with Crippen molar-refractivity contribution in [1.82, 2.24) is 9.96 Å². The number of hydrogen-bond acceptors (Lipinski definition) is 6. The van der Waals surface area contributed by atoms with Crippen LogP contribution in [0.1, 0.15) is 0 Å². The van der Waals surface area contributed by atoms with Crippen molar-refractivity contribution in [3.63, 3.8) is 0 Å². The van der Waals surface area contributed by atoms with Crippen LogP contribution in [0.5, 0.6) is 0 Å². The fourth-order valence-corrected chi connectivity index (χ4v) is 2.45. The van der Waals surface area contributed by atoms with Crippen LogP contribution < -0.4 is 40.4 Å². The molecule has 0 saturated carbocycles. The van der Waals surface area contributed by atoms with E-state index in [0.29, 0.717) is 5.06 Å². The van der Waals surface area contributed by atoms with E-state index in [1.807, 2.05) is 0 Å². The molecule has 3 N–H and O–H groups in total. The van der Waals surface area contributed by atoms with Crippen LogP contribution in [0, 0.1) is 0 Å². The van der Waals surface area contributed by atoms with Gasteiger partial charge in [0, 0.05) is 11.6 Å². The van der Waals surface area contributed by atoms with Gasteiger partial charge in [-0.15, -0.1) is 10.9 Å². The number of hydrogen-bond donors (Lipinski definition) is 2. The molecule has 20 heavy (non-hydrogen) atoms. The summed E-state index contributed by atoms with van der Waals surface area (Å²) in [5.74, 6) is -0.901. The molecule has 2 heterocycles. The van der Waals surface area contributed by atoms with Crippen molar-refractivity contribution in [1.29, 1.82) is 0 Å². The Labute approximate surface area is 136 Å². The van der Waals surface area contributed by atoms with E-state index < -0.39 is 41.0 Å². The van der Waals surface area contributed by atoms with Gasteiger partial charge in [-0.3, -0.25) is 9.35 Å². The zero-order valence-corrected chi connectivity index (χ0v) is 13.2. The largest absolute Gasteiger partial charge is 1.00 e. The first-order valence-electron chi connectivity index (χ1n) is 5.11. The summed E-state index contributed by atoms with van der Waals surface area (Å²) in [7, 11) is -4.93. The second kappa shape index (κ2) is 5.97. The summed E-state index contributed by atoms with van der Waals surface area (Å²) in [6.45, 7) is -0.828. The summed E-state index contributed by atoms with van der Waals surface area (Å²) in [6, 6.07) is -2.92. The summed E-state index contributed by atoms with van der Waals surface area (Å²) >= 11 is 0. The molecule has 0 aromatic carbocycles. The Morgan fingerprint density at radius 3 is 2.65 bits per heavy atom. The minimum atomic E-state index is -4.93. The fraction of sp³-hybridized carbons (Fsp3) is 0.500. The number of carbonyl (C=O) groups is 2. The van der Waals surface area contributed by atoms with Crippen molar-refractivity contribution in [3.8, 4) is 0 Å². The zero-order valence-electron chi connectivity index (χ0n) is 10.4. The van der Waals surface area contributed by atoms with Crippen LogP contribution >= 0.6 is 0 Å². The summed E-state index contributed by atoms with van der Waals surface area (Å²) in [6.07, 6.45) is 1.20. The van der Waals surface area contributed by atoms with Crippen LogP contribution in [0.3, 0.4) is 0 Å².